The van der Waals surface area contributed by atoms with E-state index in [1.807, 2.05) is 0 Å². The van der Waals surface area contributed by atoms with Gasteiger partial charge in [0.05, 0.1) is 6.04 Å². The molecule has 3 rings (SSSR count). The summed E-state index contributed by atoms with van der Waals surface area (Å²) in [5.41, 5.74) is 0.407. The number of aryl methyl sites for hydroxylation is 1. The molecule has 0 bridgehead atoms. The third-order valence-corrected chi connectivity index (χ3v) is 5.96. The second-order valence-corrected chi connectivity index (χ2v) is 7.62. The minimum absolute atomic E-state index is 0.00457. The molecule has 1 aromatic rings. The van der Waals surface area contributed by atoms with Gasteiger partial charge in [-0.3, -0.25) is 10.1 Å². The van der Waals surface area contributed by atoms with Crippen LogP contribution in [0.25, 0.3) is 0 Å². The minimum Gasteiger partial charge on any atom is -0.320 e. The van der Waals surface area contributed by atoms with Crippen molar-refractivity contribution in [3.05, 3.63) is 21.9 Å². The van der Waals surface area contributed by atoms with Crippen LogP contribution < -0.4 is 5.32 Å². The number of nitrogens with zero attached hydrogens (tertiary/aromatic N) is 1. The molecule has 1 saturated heterocycles. The zero-order valence-electron chi connectivity index (χ0n) is 12.6. The van der Waals surface area contributed by atoms with Crippen molar-refractivity contribution in [3.63, 3.8) is 0 Å². The highest BCUT2D eigenvalue weighted by Gasteiger charge is 2.48. The fourth-order valence-electron chi connectivity index (χ4n) is 3.14. The number of amides is 1. The zero-order valence-corrected chi connectivity index (χ0v) is 13.4. The van der Waals surface area contributed by atoms with E-state index in [9.17, 15) is 4.79 Å². The van der Waals surface area contributed by atoms with Crippen molar-refractivity contribution in [3.8, 4) is 0 Å². The summed E-state index contributed by atoms with van der Waals surface area (Å²) in [5, 5.41) is 3.53. The van der Waals surface area contributed by atoms with Crippen LogP contribution in [0, 0.1) is 12.3 Å². The second kappa shape index (κ2) is 5.15. The van der Waals surface area contributed by atoms with Crippen LogP contribution in [0.2, 0.25) is 0 Å². The number of carbonyl (C=O) groups excluding carboxylic acids is 1. The first kappa shape index (κ1) is 14.1. The number of hydrogen-bond acceptors (Lipinski definition) is 3. The Labute approximate surface area is 125 Å². The zero-order chi connectivity index (χ0) is 14.3. The van der Waals surface area contributed by atoms with Crippen LogP contribution in [0.4, 0.5) is 0 Å². The molecule has 1 saturated carbocycles. The van der Waals surface area contributed by atoms with E-state index in [2.05, 4.69) is 43.1 Å². The lowest BCUT2D eigenvalue weighted by Crippen LogP contribution is -2.35. The lowest BCUT2D eigenvalue weighted by Gasteiger charge is -2.27. The van der Waals surface area contributed by atoms with Gasteiger partial charge in [0.2, 0.25) is 5.91 Å². The summed E-state index contributed by atoms with van der Waals surface area (Å²) in [4.78, 5) is 17.3. The van der Waals surface area contributed by atoms with Crippen LogP contribution in [-0.2, 0) is 4.79 Å². The lowest BCUT2D eigenvalue weighted by molar-refractivity contribution is -0.131. The average Bonchev–Trinajstić information content (AvgIpc) is 2.99. The molecule has 0 spiro atoms. The third kappa shape index (κ3) is 2.40. The molecule has 1 aliphatic carbocycles. The summed E-state index contributed by atoms with van der Waals surface area (Å²) in [6, 6.07) is 4.31. The fraction of sp³-hybridized carbons (Fsp3) is 0.688. The van der Waals surface area contributed by atoms with Gasteiger partial charge >= 0.3 is 0 Å². The largest absolute Gasteiger partial charge is 0.320 e. The fourth-order valence-corrected chi connectivity index (χ4v) is 4.09. The predicted molar refractivity (Wildman–Crippen MR) is 82.7 cm³/mol. The van der Waals surface area contributed by atoms with Crippen molar-refractivity contribution >= 4 is 17.2 Å². The van der Waals surface area contributed by atoms with Gasteiger partial charge in [0, 0.05) is 16.3 Å². The highest BCUT2D eigenvalue weighted by Crippen LogP contribution is 2.50. The molecule has 2 aliphatic rings. The smallest absolute Gasteiger partial charge is 0.241 e. The number of rotatable bonds is 5. The van der Waals surface area contributed by atoms with E-state index in [1.165, 1.54) is 29.0 Å². The van der Waals surface area contributed by atoms with Gasteiger partial charge in [-0.25, -0.2) is 0 Å². The van der Waals surface area contributed by atoms with E-state index >= 15 is 0 Å². The summed E-state index contributed by atoms with van der Waals surface area (Å²) < 4.78 is 0. The maximum Gasteiger partial charge on any atom is 0.241 e. The molecule has 1 N–H and O–H groups in total. The Morgan fingerprint density at radius 3 is 2.65 bits per heavy atom. The standard InChI is InChI=1S/C16H24N2OS/c1-4-12-15(19)18(10-16(5-2)8-9-16)14(17-12)13-7-6-11(3)20-13/h6-7,12,14,17H,4-5,8-10H2,1-3H3. The molecule has 2 fully saturated rings. The molecule has 4 heteroatoms. The summed E-state index contributed by atoms with van der Waals surface area (Å²) in [6.45, 7) is 7.39. The topological polar surface area (TPSA) is 32.3 Å². The van der Waals surface area contributed by atoms with E-state index in [0.717, 1.165) is 13.0 Å². The maximum absolute atomic E-state index is 12.6. The Hall–Kier alpha value is -0.870. The van der Waals surface area contributed by atoms with Crippen molar-refractivity contribution in [2.24, 2.45) is 5.41 Å². The molecule has 2 heterocycles. The van der Waals surface area contributed by atoms with E-state index in [0.29, 0.717) is 11.3 Å². The Bertz CT molecular complexity index is 506. The Morgan fingerprint density at radius 1 is 1.40 bits per heavy atom. The first-order valence-electron chi connectivity index (χ1n) is 7.71. The van der Waals surface area contributed by atoms with Crippen molar-refractivity contribution in [2.45, 2.75) is 58.7 Å². The van der Waals surface area contributed by atoms with Crippen molar-refractivity contribution < 1.29 is 4.79 Å². The van der Waals surface area contributed by atoms with Crippen LogP contribution in [0.5, 0.6) is 0 Å². The Morgan fingerprint density at radius 2 is 2.15 bits per heavy atom. The number of thiophene rings is 1. The Kier molecular flexibility index (Phi) is 3.63. The van der Waals surface area contributed by atoms with Crippen molar-refractivity contribution in [1.82, 2.24) is 10.2 Å². The van der Waals surface area contributed by atoms with Gasteiger partial charge in [-0.1, -0.05) is 13.8 Å². The van der Waals surface area contributed by atoms with Crippen molar-refractivity contribution in [2.75, 3.05) is 6.54 Å². The van der Waals surface area contributed by atoms with Crippen LogP contribution in [-0.4, -0.2) is 23.4 Å². The number of hydrogen-bond donors (Lipinski definition) is 1. The molecule has 1 amide bonds. The molecule has 2 atom stereocenters. The van der Waals surface area contributed by atoms with Crippen LogP contribution in [0.15, 0.2) is 12.1 Å². The van der Waals surface area contributed by atoms with Crippen LogP contribution >= 0.6 is 11.3 Å². The van der Waals surface area contributed by atoms with E-state index in [4.69, 9.17) is 0 Å². The molecule has 110 valence electrons. The van der Waals surface area contributed by atoms with Crippen LogP contribution in [0.1, 0.15) is 55.5 Å². The SMILES string of the molecule is CCC1NC(c2ccc(C)s2)N(CC2(CC)CC2)C1=O. The maximum atomic E-state index is 12.6. The summed E-state index contributed by atoms with van der Waals surface area (Å²) >= 11 is 1.80. The molecule has 0 radical (unpaired) electrons. The highest BCUT2D eigenvalue weighted by molar-refractivity contribution is 7.12. The summed E-state index contributed by atoms with van der Waals surface area (Å²) in [5.74, 6) is 0.295. The molecule has 1 aromatic heterocycles. The van der Waals surface area contributed by atoms with Gasteiger partial charge in [-0.05, 0) is 50.2 Å². The van der Waals surface area contributed by atoms with Gasteiger partial charge in [0.25, 0.3) is 0 Å². The van der Waals surface area contributed by atoms with Crippen molar-refractivity contribution in [1.29, 1.82) is 0 Å². The van der Waals surface area contributed by atoms with Gasteiger partial charge in [0.15, 0.2) is 0 Å². The molecule has 20 heavy (non-hydrogen) atoms. The van der Waals surface area contributed by atoms with Gasteiger partial charge in [0.1, 0.15) is 6.17 Å². The summed E-state index contributed by atoms with van der Waals surface area (Å²) in [6.07, 6.45) is 4.70. The molecule has 0 aromatic carbocycles. The number of nitrogens with one attached hydrogen (secondary N) is 1. The molecular weight excluding hydrogens is 268 g/mol. The Balaban J connectivity index is 1.84. The van der Waals surface area contributed by atoms with E-state index < -0.39 is 0 Å². The third-order valence-electron chi connectivity index (χ3n) is 4.90. The van der Waals surface area contributed by atoms with Crippen LogP contribution in [0.3, 0.4) is 0 Å². The molecular formula is C16H24N2OS. The lowest BCUT2D eigenvalue weighted by atomic mass is 10.0. The quantitative estimate of drug-likeness (QED) is 0.901. The predicted octanol–water partition coefficient (Wildman–Crippen LogP) is 3.46. The molecule has 2 unspecified atom stereocenters. The normalized spacial score (nSPS) is 28.1. The van der Waals surface area contributed by atoms with E-state index in [-0.39, 0.29) is 12.2 Å². The first-order chi connectivity index (χ1) is 9.58. The molecule has 3 nitrogen and oxygen atoms in total. The number of carbonyl (C=O) groups is 1. The van der Waals surface area contributed by atoms with Gasteiger partial charge in [-0.15, -0.1) is 11.3 Å². The van der Waals surface area contributed by atoms with E-state index in [1.54, 1.807) is 11.3 Å². The highest BCUT2D eigenvalue weighted by atomic mass is 32.1. The van der Waals surface area contributed by atoms with Gasteiger partial charge in [-0.2, -0.15) is 0 Å². The van der Waals surface area contributed by atoms with Gasteiger partial charge < -0.3 is 4.90 Å². The molecule has 1 aliphatic heterocycles. The second-order valence-electron chi connectivity index (χ2n) is 6.30. The average molecular weight is 292 g/mol. The monoisotopic (exact) mass is 292 g/mol. The first-order valence-corrected chi connectivity index (χ1v) is 8.53. The summed E-state index contributed by atoms with van der Waals surface area (Å²) in [7, 11) is 0. The minimum atomic E-state index is -0.00457.